The molecule has 3 nitrogen and oxygen atoms in total. The third-order valence-electron chi connectivity index (χ3n) is 9.92. The molecule has 50 heavy (non-hydrogen) atoms. The van der Waals surface area contributed by atoms with Crippen molar-refractivity contribution in [1.82, 2.24) is 14.1 Å². The van der Waals surface area contributed by atoms with Gasteiger partial charge in [0.15, 0.2) is 0 Å². The number of hydrogen-bond donors (Lipinski definition) is 0. The van der Waals surface area contributed by atoms with E-state index in [0.717, 1.165) is 44.9 Å². The molecular formula is C47H31N3. The Morgan fingerprint density at radius 3 is 1.40 bits per heavy atom. The molecule has 0 fully saturated rings. The van der Waals surface area contributed by atoms with Crippen LogP contribution in [0.4, 0.5) is 0 Å². The molecule has 0 radical (unpaired) electrons. The summed E-state index contributed by atoms with van der Waals surface area (Å²) in [5.74, 6) is 0.886. The van der Waals surface area contributed by atoms with Crippen LogP contribution in [0.25, 0.3) is 88.6 Å². The molecule has 10 aromatic rings. The molecular weight excluding hydrogens is 607 g/mol. The van der Waals surface area contributed by atoms with E-state index in [1.54, 1.807) is 0 Å². The molecule has 3 heterocycles. The van der Waals surface area contributed by atoms with E-state index >= 15 is 0 Å². The molecule has 0 bridgehead atoms. The highest BCUT2D eigenvalue weighted by Crippen LogP contribution is 2.42. The van der Waals surface area contributed by atoms with Gasteiger partial charge in [-0.15, -0.1) is 0 Å². The van der Waals surface area contributed by atoms with Crippen LogP contribution >= 0.6 is 0 Å². The highest BCUT2D eigenvalue weighted by atomic mass is 15.1. The lowest BCUT2D eigenvalue weighted by molar-refractivity contribution is 1.08. The van der Waals surface area contributed by atoms with Crippen LogP contribution in [0.3, 0.4) is 0 Å². The molecule has 0 aliphatic carbocycles. The average Bonchev–Trinajstić information content (AvgIpc) is 3.72. The lowest BCUT2D eigenvalue weighted by Gasteiger charge is -2.15. The Morgan fingerprint density at radius 2 is 0.780 bits per heavy atom. The fourth-order valence-electron chi connectivity index (χ4n) is 7.62. The van der Waals surface area contributed by atoms with Gasteiger partial charge in [-0.2, -0.15) is 0 Å². The smallest absolute Gasteiger partial charge is 0.138 e. The molecule has 234 valence electrons. The molecule has 0 spiro atoms. The van der Waals surface area contributed by atoms with E-state index in [4.69, 9.17) is 4.98 Å². The van der Waals surface area contributed by atoms with Crippen molar-refractivity contribution in [2.24, 2.45) is 0 Å². The van der Waals surface area contributed by atoms with Gasteiger partial charge in [-0.25, -0.2) is 4.98 Å². The Balaban J connectivity index is 1.30. The second-order valence-corrected chi connectivity index (χ2v) is 12.8. The van der Waals surface area contributed by atoms with Gasteiger partial charge in [0.1, 0.15) is 5.82 Å². The van der Waals surface area contributed by atoms with Crippen molar-refractivity contribution in [3.05, 3.63) is 188 Å². The summed E-state index contributed by atoms with van der Waals surface area (Å²) in [7, 11) is 0. The van der Waals surface area contributed by atoms with E-state index in [0.29, 0.717) is 0 Å². The van der Waals surface area contributed by atoms with Crippen molar-refractivity contribution < 1.29 is 0 Å². The van der Waals surface area contributed by atoms with E-state index in [1.165, 1.54) is 43.7 Å². The molecule has 7 aromatic carbocycles. The zero-order valence-electron chi connectivity index (χ0n) is 27.2. The summed E-state index contributed by atoms with van der Waals surface area (Å²) >= 11 is 0. The number of fused-ring (bicyclic) bond motifs is 7. The minimum atomic E-state index is 0.886. The van der Waals surface area contributed by atoms with Crippen molar-refractivity contribution >= 4 is 43.6 Å². The molecule has 3 aromatic heterocycles. The van der Waals surface area contributed by atoms with Gasteiger partial charge in [-0.1, -0.05) is 152 Å². The predicted octanol–water partition coefficient (Wildman–Crippen LogP) is 12.3. The summed E-state index contributed by atoms with van der Waals surface area (Å²) < 4.78 is 4.81. The van der Waals surface area contributed by atoms with Crippen molar-refractivity contribution in [2.75, 3.05) is 0 Å². The fourth-order valence-corrected chi connectivity index (χ4v) is 7.62. The van der Waals surface area contributed by atoms with Crippen molar-refractivity contribution in [1.29, 1.82) is 0 Å². The van der Waals surface area contributed by atoms with Crippen molar-refractivity contribution in [2.45, 2.75) is 0 Å². The van der Waals surface area contributed by atoms with Gasteiger partial charge in [-0.3, -0.25) is 4.57 Å². The quantitative estimate of drug-likeness (QED) is 0.184. The second-order valence-electron chi connectivity index (χ2n) is 12.8. The number of para-hydroxylation sites is 3. The minimum Gasteiger partial charge on any atom is -0.307 e. The normalized spacial score (nSPS) is 11.6. The van der Waals surface area contributed by atoms with Gasteiger partial charge < -0.3 is 4.57 Å². The fraction of sp³-hybridized carbons (Fsp3) is 0. The molecule has 0 saturated carbocycles. The van der Waals surface area contributed by atoms with Crippen LogP contribution in [-0.4, -0.2) is 14.1 Å². The molecule has 0 amide bonds. The maximum atomic E-state index is 5.45. The first-order valence-electron chi connectivity index (χ1n) is 17.1. The Bertz CT molecular complexity index is 2830. The van der Waals surface area contributed by atoms with Gasteiger partial charge in [0, 0.05) is 32.8 Å². The third kappa shape index (κ3) is 4.48. The lowest BCUT2D eigenvalue weighted by atomic mass is 9.99. The molecule has 10 rings (SSSR count). The van der Waals surface area contributed by atoms with Gasteiger partial charge >= 0.3 is 0 Å². The van der Waals surface area contributed by atoms with E-state index in [-0.39, 0.29) is 0 Å². The molecule has 0 aliphatic rings. The molecule has 0 aliphatic heterocycles. The Hall–Kier alpha value is -6.71. The number of pyridine rings is 1. The number of aromatic nitrogens is 3. The summed E-state index contributed by atoms with van der Waals surface area (Å²) in [4.78, 5) is 5.45. The van der Waals surface area contributed by atoms with E-state index < -0.39 is 0 Å². The molecule has 0 N–H and O–H groups in total. The monoisotopic (exact) mass is 637 g/mol. The summed E-state index contributed by atoms with van der Waals surface area (Å²) in [5, 5.41) is 4.86. The van der Waals surface area contributed by atoms with E-state index in [9.17, 15) is 0 Å². The Morgan fingerprint density at radius 1 is 0.320 bits per heavy atom. The maximum Gasteiger partial charge on any atom is 0.138 e. The molecule has 0 atom stereocenters. The summed E-state index contributed by atoms with van der Waals surface area (Å²) in [6, 6.07) is 67.2. The number of nitrogens with zero attached hydrogens (tertiary/aromatic N) is 3. The van der Waals surface area contributed by atoms with Gasteiger partial charge in [-0.05, 0) is 58.7 Å². The van der Waals surface area contributed by atoms with Crippen LogP contribution in [0, 0.1) is 0 Å². The Kier molecular flexibility index (Phi) is 6.49. The van der Waals surface area contributed by atoms with Crippen LogP contribution in [0.15, 0.2) is 188 Å². The van der Waals surface area contributed by atoms with Crippen LogP contribution in [0.2, 0.25) is 0 Å². The van der Waals surface area contributed by atoms with Gasteiger partial charge in [0.2, 0.25) is 0 Å². The van der Waals surface area contributed by atoms with Gasteiger partial charge in [0.05, 0.1) is 27.8 Å². The topological polar surface area (TPSA) is 22.8 Å². The minimum absolute atomic E-state index is 0.886. The molecule has 3 heteroatoms. The zero-order valence-corrected chi connectivity index (χ0v) is 27.2. The third-order valence-corrected chi connectivity index (χ3v) is 9.92. The van der Waals surface area contributed by atoms with Gasteiger partial charge in [0.25, 0.3) is 0 Å². The van der Waals surface area contributed by atoms with E-state index in [1.807, 2.05) is 0 Å². The first kappa shape index (κ1) is 28.3. The standard InChI is InChI=1S/C47H31N3/c1-4-14-32(15-5-1)33-24-26-34(27-25-33)36-30-42(35-16-6-2-7-17-35)48-45(31-36)50-44-23-13-11-21-39(44)41-29-28-40-38-20-10-12-22-43(38)49(46(40)47(41)50)37-18-8-3-9-19-37/h1-31H. The first-order valence-corrected chi connectivity index (χ1v) is 17.1. The average molecular weight is 638 g/mol. The summed E-state index contributed by atoms with van der Waals surface area (Å²) in [6.07, 6.45) is 0. The van der Waals surface area contributed by atoms with Crippen molar-refractivity contribution in [3.8, 4) is 45.0 Å². The highest BCUT2D eigenvalue weighted by Gasteiger charge is 2.22. The number of rotatable bonds is 5. The lowest BCUT2D eigenvalue weighted by Crippen LogP contribution is -2.02. The predicted molar refractivity (Wildman–Crippen MR) is 209 cm³/mol. The van der Waals surface area contributed by atoms with Crippen LogP contribution in [0.1, 0.15) is 0 Å². The van der Waals surface area contributed by atoms with Crippen LogP contribution < -0.4 is 0 Å². The maximum absolute atomic E-state index is 5.45. The van der Waals surface area contributed by atoms with E-state index in [2.05, 4.69) is 197 Å². The van der Waals surface area contributed by atoms with Crippen LogP contribution in [-0.2, 0) is 0 Å². The Labute approximate surface area is 290 Å². The van der Waals surface area contributed by atoms with Crippen molar-refractivity contribution in [3.63, 3.8) is 0 Å². The summed E-state index contributed by atoms with van der Waals surface area (Å²) in [6.45, 7) is 0. The number of benzene rings is 7. The molecule has 0 saturated heterocycles. The largest absolute Gasteiger partial charge is 0.307 e. The highest BCUT2D eigenvalue weighted by molar-refractivity contribution is 6.23. The molecule has 0 unspecified atom stereocenters. The van der Waals surface area contributed by atoms with Crippen LogP contribution in [0.5, 0.6) is 0 Å². The second kappa shape index (κ2) is 11.5. The SMILES string of the molecule is c1ccc(-c2ccc(-c3cc(-c4ccccc4)nc(-n4c5ccccc5c5ccc6c7ccccc7n(-c7ccccc7)c6c54)c3)cc2)cc1. The zero-order chi connectivity index (χ0) is 33.0. The first-order chi connectivity index (χ1) is 24.8. The summed E-state index contributed by atoms with van der Waals surface area (Å²) in [5.41, 5.74) is 12.5. The number of hydrogen-bond acceptors (Lipinski definition) is 1.